The fraction of sp³-hybridized carbons (Fsp3) is 0.625. The molecule has 3 fully saturated rings. The van der Waals surface area contributed by atoms with Crippen molar-refractivity contribution in [3.63, 3.8) is 0 Å². The summed E-state index contributed by atoms with van der Waals surface area (Å²) in [6.07, 6.45) is 8.47. The molecule has 2 aromatic carbocycles. The maximum Gasteiger partial charge on any atom is 0.400 e. The smallest absolute Gasteiger partial charge is 0.400 e. The van der Waals surface area contributed by atoms with Gasteiger partial charge in [-0.05, 0) is 111 Å². The van der Waals surface area contributed by atoms with E-state index in [0.717, 1.165) is 17.8 Å². The van der Waals surface area contributed by atoms with Crippen molar-refractivity contribution in [1.29, 1.82) is 0 Å². The van der Waals surface area contributed by atoms with E-state index < -0.39 is 58.0 Å². The minimum Gasteiger partial charge on any atom is -0.432 e. The summed E-state index contributed by atoms with van der Waals surface area (Å²) in [4.78, 5) is 0. The van der Waals surface area contributed by atoms with Crippen molar-refractivity contribution >= 4 is 0 Å². The molecule has 8 heteroatoms. The average Bonchev–Trinajstić information content (AvgIpc) is 2.92. The van der Waals surface area contributed by atoms with E-state index in [1.165, 1.54) is 51.4 Å². The Hall–Kier alpha value is -2.25. The van der Waals surface area contributed by atoms with Crippen molar-refractivity contribution in [2.45, 2.75) is 90.1 Å². The second-order valence-electron chi connectivity index (χ2n) is 12.5. The third-order valence-electron chi connectivity index (χ3n) is 10.00. The first kappa shape index (κ1) is 29.2. The monoisotopic (exact) mass is 570 g/mol. The molecule has 5 rings (SSSR count). The quantitative estimate of drug-likeness (QED) is 0.248. The number of benzene rings is 2. The topological polar surface area (TPSA) is 9.23 Å². The minimum absolute atomic E-state index is 0.273. The highest BCUT2D eigenvalue weighted by Crippen LogP contribution is 2.48. The molecule has 0 aromatic heterocycles. The molecule has 3 aliphatic rings. The predicted octanol–water partition coefficient (Wildman–Crippen LogP) is 10.5. The summed E-state index contributed by atoms with van der Waals surface area (Å²) in [5, 5.41) is 0. The number of alkyl halides is 2. The highest BCUT2D eigenvalue weighted by Gasteiger charge is 2.45. The first-order valence-electron chi connectivity index (χ1n) is 14.7. The molecular formula is C32H37F7O. The summed E-state index contributed by atoms with van der Waals surface area (Å²) in [6.45, 7) is 2.34. The lowest BCUT2D eigenvalue weighted by atomic mass is 9.65. The Labute approximate surface area is 231 Å². The molecule has 0 saturated heterocycles. The zero-order valence-corrected chi connectivity index (χ0v) is 22.8. The van der Waals surface area contributed by atoms with Crippen molar-refractivity contribution < 1.29 is 35.5 Å². The van der Waals surface area contributed by atoms with E-state index in [-0.39, 0.29) is 12.8 Å². The van der Waals surface area contributed by atoms with E-state index in [4.69, 9.17) is 4.74 Å². The lowest BCUT2D eigenvalue weighted by molar-refractivity contribution is -0.224. The van der Waals surface area contributed by atoms with Crippen LogP contribution in [0.3, 0.4) is 0 Å². The number of halogens is 7. The van der Waals surface area contributed by atoms with Gasteiger partial charge in [-0.25, -0.2) is 22.0 Å². The third-order valence-corrected chi connectivity index (χ3v) is 10.00. The molecule has 2 aromatic rings. The molecule has 3 aliphatic carbocycles. The first-order chi connectivity index (χ1) is 19.0. The van der Waals surface area contributed by atoms with Gasteiger partial charge in [0.2, 0.25) is 0 Å². The van der Waals surface area contributed by atoms with Crippen LogP contribution in [0.4, 0.5) is 30.7 Å². The molecule has 0 radical (unpaired) electrons. The molecule has 0 aliphatic heterocycles. The van der Waals surface area contributed by atoms with Gasteiger partial charge in [0, 0.05) is 12.1 Å². The van der Waals surface area contributed by atoms with Crippen LogP contribution in [0.2, 0.25) is 0 Å². The van der Waals surface area contributed by atoms with Gasteiger partial charge in [0.05, 0.1) is 11.5 Å². The van der Waals surface area contributed by atoms with Crippen molar-refractivity contribution in [2.75, 3.05) is 0 Å². The van der Waals surface area contributed by atoms with E-state index in [9.17, 15) is 22.0 Å². The fourth-order valence-corrected chi connectivity index (χ4v) is 7.60. The second-order valence-corrected chi connectivity index (χ2v) is 12.5. The summed E-state index contributed by atoms with van der Waals surface area (Å²) in [6, 6.07) is 2.00. The highest BCUT2D eigenvalue weighted by molar-refractivity contribution is 5.66. The van der Waals surface area contributed by atoms with Crippen LogP contribution in [0.5, 0.6) is 5.75 Å². The molecule has 0 amide bonds. The van der Waals surface area contributed by atoms with E-state index in [2.05, 4.69) is 6.92 Å². The number of hydrogen-bond acceptors (Lipinski definition) is 1. The van der Waals surface area contributed by atoms with Gasteiger partial charge in [-0.15, -0.1) is 0 Å². The summed E-state index contributed by atoms with van der Waals surface area (Å²) in [7, 11) is 0. The van der Waals surface area contributed by atoms with Crippen molar-refractivity contribution in [3.05, 3.63) is 53.4 Å². The maximum absolute atomic E-state index is 15.1. The van der Waals surface area contributed by atoms with Crippen LogP contribution < -0.4 is 4.74 Å². The second kappa shape index (κ2) is 11.9. The Morgan fingerprint density at radius 1 is 0.575 bits per heavy atom. The molecule has 0 N–H and O–H groups in total. The molecule has 0 atom stereocenters. The fourth-order valence-electron chi connectivity index (χ4n) is 7.60. The SMILES string of the molecule is CC1CCC(C2CCC(C3CCC(C(F)(F)Oc4cc(F)c(-c5cc(F)c(F)c(F)c5)c(F)c4)CC3)CC2)CC1. The minimum atomic E-state index is -3.63. The Kier molecular flexibility index (Phi) is 8.72. The van der Waals surface area contributed by atoms with E-state index in [1.807, 2.05) is 0 Å². The molecule has 3 saturated carbocycles. The summed E-state index contributed by atoms with van der Waals surface area (Å²) >= 11 is 0. The zero-order valence-electron chi connectivity index (χ0n) is 22.8. The van der Waals surface area contributed by atoms with Gasteiger partial charge in [-0.3, -0.25) is 0 Å². The van der Waals surface area contributed by atoms with Crippen LogP contribution in [0.25, 0.3) is 11.1 Å². The molecule has 220 valence electrons. The van der Waals surface area contributed by atoms with Crippen LogP contribution in [0.1, 0.15) is 84.0 Å². The third kappa shape index (κ3) is 6.30. The van der Waals surface area contributed by atoms with E-state index in [0.29, 0.717) is 48.9 Å². The average molecular weight is 571 g/mol. The van der Waals surface area contributed by atoms with Crippen LogP contribution in [-0.4, -0.2) is 6.11 Å². The van der Waals surface area contributed by atoms with Gasteiger partial charge < -0.3 is 4.74 Å². The van der Waals surface area contributed by atoms with Crippen molar-refractivity contribution in [2.24, 2.45) is 35.5 Å². The van der Waals surface area contributed by atoms with Crippen LogP contribution in [-0.2, 0) is 0 Å². The number of rotatable bonds is 6. The van der Waals surface area contributed by atoms with Gasteiger partial charge >= 0.3 is 6.11 Å². The Bertz CT molecular complexity index is 1130. The summed E-state index contributed by atoms with van der Waals surface area (Å²) in [5.74, 6) is -6.00. The normalized spacial score (nSPS) is 29.8. The lowest BCUT2D eigenvalue weighted by Crippen LogP contribution is -2.38. The Balaban J connectivity index is 1.16. The Morgan fingerprint density at radius 2 is 0.975 bits per heavy atom. The van der Waals surface area contributed by atoms with Crippen molar-refractivity contribution in [1.82, 2.24) is 0 Å². The van der Waals surface area contributed by atoms with Gasteiger partial charge in [0.1, 0.15) is 17.4 Å². The standard InChI is InChI=1S/C32H37F7O/c1-18-2-4-19(5-3-18)20-6-8-21(9-7-20)22-10-12-24(13-11-22)32(38,39)40-25-16-26(33)30(27(34)17-25)23-14-28(35)31(37)29(36)15-23/h14-22,24H,2-13H2,1H3. The van der Waals surface area contributed by atoms with Gasteiger partial charge in [0.15, 0.2) is 17.5 Å². The predicted molar refractivity (Wildman–Crippen MR) is 139 cm³/mol. The van der Waals surface area contributed by atoms with Gasteiger partial charge in [-0.2, -0.15) is 8.78 Å². The molecule has 40 heavy (non-hydrogen) atoms. The molecule has 1 nitrogen and oxygen atoms in total. The molecule has 0 bridgehead atoms. The van der Waals surface area contributed by atoms with E-state index in [1.54, 1.807) is 0 Å². The molecule has 0 spiro atoms. The lowest BCUT2D eigenvalue weighted by Gasteiger charge is -2.41. The zero-order chi connectivity index (χ0) is 28.6. The Morgan fingerprint density at radius 3 is 1.43 bits per heavy atom. The van der Waals surface area contributed by atoms with Crippen LogP contribution in [0, 0.1) is 64.6 Å². The largest absolute Gasteiger partial charge is 0.432 e. The first-order valence-corrected chi connectivity index (χ1v) is 14.7. The molecular weight excluding hydrogens is 533 g/mol. The highest BCUT2D eigenvalue weighted by atomic mass is 19.3. The molecule has 0 heterocycles. The van der Waals surface area contributed by atoms with Crippen LogP contribution in [0.15, 0.2) is 24.3 Å². The summed E-state index contributed by atoms with van der Waals surface area (Å²) in [5.41, 5.74) is -1.45. The van der Waals surface area contributed by atoms with Gasteiger partial charge in [-0.1, -0.05) is 19.8 Å². The molecule has 0 unspecified atom stereocenters. The number of ether oxygens (including phenoxy) is 1. The van der Waals surface area contributed by atoms with E-state index >= 15 is 8.78 Å². The van der Waals surface area contributed by atoms with Gasteiger partial charge in [0.25, 0.3) is 0 Å². The van der Waals surface area contributed by atoms with Crippen molar-refractivity contribution in [3.8, 4) is 16.9 Å². The van der Waals surface area contributed by atoms with Crippen LogP contribution >= 0.6 is 0 Å². The maximum atomic E-state index is 15.1. The number of hydrogen-bond donors (Lipinski definition) is 0. The summed E-state index contributed by atoms with van der Waals surface area (Å²) < 4.78 is 105.